The number of carbonyl (C=O) groups is 1. The number of aliphatic hydroxyl groups excluding tert-OH is 1. The highest BCUT2D eigenvalue weighted by Crippen LogP contribution is 2.18. The summed E-state index contributed by atoms with van der Waals surface area (Å²) in [7, 11) is 0. The quantitative estimate of drug-likeness (QED) is 0.665. The van der Waals surface area contributed by atoms with E-state index in [1.54, 1.807) is 0 Å². The molecule has 13 heavy (non-hydrogen) atoms. The van der Waals surface area contributed by atoms with E-state index in [9.17, 15) is 4.79 Å². The molecule has 1 rings (SSSR count). The largest absolute Gasteiger partial charge is 0.481 e. The van der Waals surface area contributed by atoms with Crippen molar-refractivity contribution in [3.63, 3.8) is 0 Å². The van der Waals surface area contributed by atoms with Gasteiger partial charge in [-0.25, -0.2) is 0 Å². The molecule has 0 bridgehead atoms. The number of aliphatic hydroxyl groups is 1. The van der Waals surface area contributed by atoms with Gasteiger partial charge in [0.25, 0.3) is 0 Å². The molecule has 0 spiro atoms. The highest BCUT2D eigenvalue weighted by Gasteiger charge is 2.23. The van der Waals surface area contributed by atoms with Gasteiger partial charge in [-0.15, -0.1) is 0 Å². The number of aliphatic carboxylic acids is 1. The van der Waals surface area contributed by atoms with Crippen LogP contribution < -0.4 is 0 Å². The second kappa shape index (κ2) is 5.19. The zero-order valence-corrected chi connectivity index (χ0v) is 7.78. The van der Waals surface area contributed by atoms with Crippen molar-refractivity contribution in [1.82, 2.24) is 4.90 Å². The Balaban J connectivity index is 2.41. The van der Waals surface area contributed by atoms with Crippen LogP contribution >= 0.6 is 0 Å². The number of nitrogens with zero attached hydrogens (tertiary/aromatic N) is 1. The monoisotopic (exact) mass is 187 g/mol. The number of carboxylic acids is 1. The van der Waals surface area contributed by atoms with Crippen molar-refractivity contribution in [2.75, 3.05) is 19.7 Å². The van der Waals surface area contributed by atoms with Gasteiger partial charge in [0.15, 0.2) is 0 Å². The fraction of sp³-hybridized carbons (Fsp3) is 0.889. The summed E-state index contributed by atoms with van der Waals surface area (Å²) < 4.78 is 0. The summed E-state index contributed by atoms with van der Waals surface area (Å²) in [6.07, 6.45) is 3.39. The maximum atomic E-state index is 10.5. The summed E-state index contributed by atoms with van der Waals surface area (Å²) in [4.78, 5) is 12.6. The van der Waals surface area contributed by atoms with Crippen LogP contribution in [-0.4, -0.2) is 46.8 Å². The van der Waals surface area contributed by atoms with Gasteiger partial charge in [0.1, 0.15) is 0 Å². The fourth-order valence-electron chi connectivity index (χ4n) is 1.92. The van der Waals surface area contributed by atoms with Gasteiger partial charge in [-0.3, -0.25) is 9.69 Å². The lowest BCUT2D eigenvalue weighted by molar-refractivity contribution is -0.138. The van der Waals surface area contributed by atoms with Crippen LogP contribution in [-0.2, 0) is 4.79 Å². The van der Waals surface area contributed by atoms with Crippen molar-refractivity contribution >= 4 is 5.97 Å². The molecule has 1 saturated heterocycles. The summed E-state index contributed by atoms with van der Waals surface area (Å²) in [6, 6.07) is 0.137. The number of hydrogen-bond donors (Lipinski definition) is 2. The summed E-state index contributed by atoms with van der Waals surface area (Å²) in [5, 5.41) is 17.4. The molecule has 1 aliphatic heterocycles. The van der Waals surface area contributed by atoms with Crippen LogP contribution in [0, 0.1) is 0 Å². The molecule has 0 saturated carbocycles. The normalized spacial score (nSPS) is 24.5. The maximum Gasteiger partial charge on any atom is 0.304 e. The van der Waals surface area contributed by atoms with Gasteiger partial charge < -0.3 is 10.2 Å². The van der Waals surface area contributed by atoms with Crippen molar-refractivity contribution < 1.29 is 15.0 Å². The molecule has 4 heteroatoms. The Morgan fingerprint density at radius 1 is 1.46 bits per heavy atom. The molecule has 0 aromatic heterocycles. The lowest BCUT2D eigenvalue weighted by atomic mass is 9.99. The standard InChI is InChI=1S/C9H17NO3/c11-6-5-10-4-2-1-3-8(10)7-9(12)13/h8,11H,1-7H2,(H,12,13). The minimum Gasteiger partial charge on any atom is -0.481 e. The van der Waals surface area contributed by atoms with E-state index in [0.717, 1.165) is 25.8 Å². The fourth-order valence-corrected chi connectivity index (χ4v) is 1.92. The number of carboxylic acid groups (broad SMARTS) is 1. The van der Waals surface area contributed by atoms with E-state index in [0.29, 0.717) is 6.54 Å². The van der Waals surface area contributed by atoms with Gasteiger partial charge in [0, 0.05) is 12.6 Å². The predicted octanol–water partition coefficient (Wildman–Crippen LogP) is 0.308. The number of likely N-dealkylation sites (tertiary alicyclic amines) is 1. The first-order chi connectivity index (χ1) is 6.24. The van der Waals surface area contributed by atoms with Gasteiger partial charge >= 0.3 is 5.97 Å². The van der Waals surface area contributed by atoms with Crippen LogP contribution in [0.3, 0.4) is 0 Å². The molecular formula is C9H17NO3. The molecular weight excluding hydrogens is 170 g/mol. The van der Waals surface area contributed by atoms with E-state index in [4.69, 9.17) is 10.2 Å². The first-order valence-corrected chi connectivity index (χ1v) is 4.80. The van der Waals surface area contributed by atoms with Gasteiger partial charge in [-0.2, -0.15) is 0 Å². The van der Waals surface area contributed by atoms with Crippen LogP contribution in [0.1, 0.15) is 25.7 Å². The second-order valence-corrected chi connectivity index (χ2v) is 3.51. The van der Waals surface area contributed by atoms with Crippen LogP contribution in [0.4, 0.5) is 0 Å². The molecule has 1 fully saturated rings. The molecule has 1 atom stereocenters. The van der Waals surface area contributed by atoms with Crippen LogP contribution in [0.2, 0.25) is 0 Å². The van der Waals surface area contributed by atoms with Crippen molar-refractivity contribution in [3.05, 3.63) is 0 Å². The van der Waals surface area contributed by atoms with Gasteiger partial charge in [-0.05, 0) is 19.4 Å². The molecule has 76 valence electrons. The van der Waals surface area contributed by atoms with Crippen LogP contribution in [0.5, 0.6) is 0 Å². The predicted molar refractivity (Wildman–Crippen MR) is 48.6 cm³/mol. The van der Waals surface area contributed by atoms with Crippen LogP contribution in [0.15, 0.2) is 0 Å². The Morgan fingerprint density at radius 3 is 2.85 bits per heavy atom. The van der Waals surface area contributed by atoms with E-state index in [1.807, 2.05) is 0 Å². The zero-order valence-electron chi connectivity index (χ0n) is 7.78. The van der Waals surface area contributed by atoms with Crippen LogP contribution in [0.25, 0.3) is 0 Å². The van der Waals surface area contributed by atoms with E-state index in [2.05, 4.69) is 4.90 Å². The van der Waals surface area contributed by atoms with Gasteiger partial charge in [-0.1, -0.05) is 6.42 Å². The van der Waals surface area contributed by atoms with Crippen molar-refractivity contribution in [2.45, 2.75) is 31.7 Å². The maximum absolute atomic E-state index is 10.5. The SMILES string of the molecule is O=C(O)CC1CCCCN1CCO. The van der Waals surface area contributed by atoms with Crippen molar-refractivity contribution in [3.8, 4) is 0 Å². The third kappa shape index (κ3) is 3.32. The Kier molecular flexibility index (Phi) is 4.18. The molecule has 2 N–H and O–H groups in total. The third-order valence-electron chi connectivity index (χ3n) is 2.55. The summed E-state index contributed by atoms with van der Waals surface area (Å²) in [6.45, 7) is 1.66. The summed E-state index contributed by atoms with van der Waals surface area (Å²) >= 11 is 0. The Bertz CT molecular complexity index is 170. The highest BCUT2D eigenvalue weighted by molar-refractivity contribution is 5.67. The second-order valence-electron chi connectivity index (χ2n) is 3.51. The highest BCUT2D eigenvalue weighted by atomic mass is 16.4. The average Bonchev–Trinajstić information content (AvgIpc) is 2.08. The molecule has 0 amide bonds. The number of β-amino-alcohol motifs (C(OH)–C–C–N with tert-alkyl or cyclic N) is 1. The molecule has 0 aliphatic carbocycles. The zero-order chi connectivity index (χ0) is 9.68. The first-order valence-electron chi connectivity index (χ1n) is 4.80. The average molecular weight is 187 g/mol. The van der Waals surface area contributed by atoms with Crippen molar-refractivity contribution in [2.24, 2.45) is 0 Å². The minimum absolute atomic E-state index is 0.121. The number of rotatable bonds is 4. The number of hydrogen-bond acceptors (Lipinski definition) is 3. The third-order valence-corrected chi connectivity index (χ3v) is 2.55. The lowest BCUT2D eigenvalue weighted by Gasteiger charge is -2.34. The molecule has 1 aliphatic rings. The Morgan fingerprint density at radius 2 is 2.23 bits per heavy atom. The van der Waals surface area contributed by atoms with E-state index >= 15 is 0 Å². The Hall–Kier alpha value is -0.610. The van der Waals surface area contributed by atoms with Gasteiger partial charge in [0.05, 0.1) is 13.0 Å². The first kappa shape index (κ1) is 10.5. The summed E-state index contributed by atoms with van der Waals surface area (Å²) in [5.41, 5.74) is 0. The molecule has 4 nitrogen and oxygen atoms in total. The molecule has 1 heterocycles. The topological polar surface area (TPSA) is 60.8 Å². The number of piperidine rings is 1. The lowest BCUT2D eigenvalue weighted by Crippen LogP contribution is -2.42. The molecule has 0 aromatic carbocycles. The van der Waals surface area contributed by atoms with E-state index < -0.39 is 5.97 Å². The molecule has 0 radical (unpaired) electrons. The van der Waals surface area contributed by atoms with Gasteiger partial charge in [0.2, 0.25) is 0 Å². The smallest absolute Gasteiger partial charge is 0.304 e. The molecule has 1 unspecified atom stereocenters. The van der Waals surface area contributed by atoms with E-state index in [-0.39, 0.29) is 19.1 Å². The minimum atomic E-state index is -0.741. The summed E-state index contributed by atoms with van der Waals surface area (Å²) in [5.74, 6) is -0.741. The van der Waals surface area contributed by atoms with Crippen molar-refractivity contribution in [1.29, 1.82) is 0 Å². The van der Waals surface area contributed by atoms with E-state index in [1.165, 1.54) is 0 Å². The Labute approximate surface area is 78.2 Å². The molecule has 0 aromatic rings.